The number of nitrogens with zero attached hydrogens (tertiary/aromatic N) is 1. The minimum atomic E-state index is -0.846. The van der Waals surface area contributed by atoms with Crippen LogP contribution in [0.2, 0.25) is 0 Å². The van der Waals surface area contributed by atoms with Crippen LogP contribution >= 0.6 is 11.8 Å². The predicted molar refractivity (Wildman–Crippen MR) is 58.7 cm³/mol. The SMILES string of the molecule is O=C(O)CS/C=N/Nc1ccccc1. The third kappa shape index (κ3) is 4.51. The van der Waals surface area contributed by atoms with Crippen LogP contribution in [0.15, 0.2) is 35.4 Å². The van der Waals surface area contributed by atoms with Gasteiger partial charge in [0.05, 0.1) is 17.0 Å². The molecule has 14 heavy (non-hydrogen) atoms. The second kappa shape index (κ2) is 6.04. The average Bonchev–Trinajstić information content (AvgIpc) is 2.18. The average molecular weight is 210 g/mol. The molecule has 5 heteroatoms. The predicted octanol–water partition coefficient (Wildman–Crippen LogP) is 1.86. The minimum Gasteiger partial charge on any atom is -0.481 e. The second-order valence-corrected chi connectivity index (χ2v) is 3.25. The molecule has 0 aliphatic rings. The number of nitrogens with one attached hydrogen (secondary N) is 1. The van der Waals surface area contributed by atoms with E-state index in [1.165, 1.54) is 5.55 Å². The molecule has 0 aliphatic carbocycles. The summed E-state index contributed by atoms with van der Waals surface area (Å²) < 4.78 is 0. The van der Waals surface area contributed by atoms with E-state index in [9.17, 15) is 4.79 Å². The smallest absolute Gasteiger partial charge is 0.313 e. The van der Waals surface area contributed by atoms with E-state index < -0.39 is 5.97 Å². The first kappa shape index (κ1) is 10.6. The van der Waals surface area contributed by atoms with Gasteiger partial charge in [0.25, 0.3) is 0 Å². The number of hydrogen-bond acceptors (Lipinski definition) is 4. The lowest BCUT2D eigenvalue weighted by Crippen LogP contribution is -1.97. The molecule has 0 bridgehead atoms. The summed E-state index contributed by atoms with van der Waals surface area (Å²) in [5.74, 6) is -0.818. The fraction of sp³-hybridized carbons (Fsp3) is 0.111. The fourth-order valence-corrected chi connectivity index (χ4v) is 1.10. The van der Waals surface area contributed by atoms with Crippen molar-refractivity contribution in [1.82, 2.24) is 0 Å². The topological polar surface area (TPSA) is 61.7 Å². The van der Waals surface area contributed by atoms with Gasteiger partial charge in [-0.05, 0) is 12.1 Å². The van der Waals surface area contributed by atoms with Crippen LogP contribution in [0.1, 0.15) is 0 Å². The Morgan fingerprint density at radius 3 is 2.86 bits per heavy atom. The molecule has 0 aromatic heterocycles. The number of carbonyl (C=O) groups is 1. The molecule has 4 nitrogen and oxygen atoms in total. The highest BCUT2D eigenvalue weighted by molar-refractivity contribution is 8.12. The summed E-state index contributed by atoms with van der Waals surface area (Å²) in [5.41, 5.74) is 5.12. The van der Waals surface area contributed by atoms with E-state index in [0.29, 0.717) is 0 Å². The number of anilines is 1. The number of aliphatic carboxylic acids is 1. The Kier molecular flexibility index (Phi) is 4.57. The molecule has 0 unspecified atom stereocenters. The van der Waals surface area contributed by atoms with E-state index in [0.717, 1.165) is 17.4 Å². The maximum atomic E-state index is 10.1. The third-order valence-corrected chi connectivity index (χ3v) is 1.97. The fourth-order valence-electron chi connectivity index (χ4n) is 0.759. The summed E-state index contributed by atoms with van der Waals surface area (Å²) >= 11 is 1.13. The summed E-state index contributed by atoms with van der Waals surface area (Å²) in [6.45, 7) is 0. The molecule has 0 atom stereocenters. The molecule has 1 aromatic carbocycles. The summed E-state index contributed by atoms with van der Waals surface area (Å²) in [6, 6.07) is 9.44. The zero-order chi connectivity index (χ0) is 10.2. The summed E-state index contributed by atoms with van der Waals surface area (Å²) in [5, 5.41) is 12.2. The largest absolute Gasteiger partial charge is 0.481 e. The van der Waals surface area contributed by atoms with Gasteiger partial charge >= 0.3 is 5.97 Å². The highest BCUT2D eigenvalue weighted by Crippen LogP contribution is 2.04. The lowest BCUT2D eigenvalue weighted by molar-refractivity contribution is -0.133. The Hall–Kier alpha value is -1.49. The van der Waals surface area contributed by atoms with Crippen LogP contribution in [0.5, 0.6) is 0 Å². The highest BCUT2D eigenvalue weighted by Gasteiger charge is 1.92. The first-order chi connectivity index (χ1) is 6.79. The van der Waals surface area contributed by atoms with Gasteiger partial charge < -0.3 is 5.11 Å². The van der Waals surface area contributed by atoms with Crippen molar-refractivity contribution >= 4 is 29.0 Å². The maximum Gasteiger partial charge on any atom is 0.313 e. The number of carboxylic acids is 1. The van der Waals surface area contributed by atoms with Crippen molar-refractivity contribution < 1.29 is 9.90 Å². The number of benzene rings is 1. The van der Waals surface area contributed by atoms with Gasteiger partial charge in [0.2, 0.25) is 0 Å². The lowest BCUT2D eigenvalue weighted by atomic mass is 10.3. The Morgan fingerprint density at radius 2 is 2.21 bits per heavy atom. The van der Waals surface area contributed by atoms with E-state index in [1.807, 2.05) is 30.3 Å². The van der Waals surface area contributed by atoms with E-state index in [1.54, 1.807) is 0 Å². The van der Waals surface area contributed by atoms with Crippen LogP contribution in [0.3, 0.4) is 0 Å². The summed E-state index contributed by atoms with van der Waals surface area (Å²) in [7, 11) is 0. The van der Waals surface area contributed by atoms with Gasteiger partial charge in [-0.15, -0.1) is 11.8 Å². The molecule has 0 radical (unpaired) electrons. The van der Waals surface area contributed by atoms with Crippen molar-refractivity contribution in [2.75, 3.05) is 11.2 Å². The molecule has 1 rings (SSSR count). The molecule has 74 valence electrons. The van der Waals surface area contributed by atoms with Gasteiger partial charge in [0, 0.05) is 0 Å². The molecule has 0 saturated carbocycles. The van der Waals surface area contributed by atoms with E-state index >= 15 is 0 Å². The van der Waals surface area contributed by atoms with Crippen molar-refractivity contribution in [1.29, 1.82) is 0 Å². The van der Waals surface area contributed by atoms with Crippen LogP contribution in [-0.2, 0) is 4.79 Å². The van der Waals surface area contributed by atoms with Crippen molar-refractivity contribution in [3.05, 3.63) is 30.3 Å². The minimum absolute atomic E-state index is 0.0277. The van der Waals surface area contributed by atoms with Crippen LogP contribution in [0.25, 0.3) is 0 Å². The number of rotatable bonds is 5. The standard InChI is InChI=1S/C9H10N2O2S/c12-9(13)6-14-7-10-11-8-4-2-1-3-5-8/h1-5,7,11H,6H2,(H,12,13)/b10-7+. The van der Waals surface area contributed by atoms with Crippen LogP contribution in [0.4, 0.5) is 5.69 Å². The van der Waals surface area contributed by atoms with E-state index in [2.05, 4.69) is 10.5 Å². The summed E-state index contributed by atoms with van der Waals surface area (Å²) in [6.07, 6.45) is 0. The molecular weight excluding hydrogens is 200 g/mol. The Morgan fingerprint density at radius 1 is 1.50 bits per heavy atom. The normalized spacial score (nSPS) is 10.3. The molecular formula is C9H10N2O2S. The number of para-hydroxylation sites is 1. The van der Waals surface area contributed by atoms with Crippen molar-refractivity contribution in [3.8, 4) is 0 Å². The van der Waals surface area contributed by atoms with Crippen molar-refractivity contribution in [3.63, 3.8) is 0 Å². The zero-order valence-corrected chi connectivity index (χ0v) is 8.20. The van der Waals surface area contributed by atoms with Gasteiger partial charge in [0.1, 0.15) is 0 Å². The van der Waals surface area contributed by atoms with Gasteiger partial charge in [-0.2, -0.15) is 5.10 Å². The molecule has 0 fully saturated rings. The lowest BCUT2D eigenvalue weighted by Gasteiger charge is -1.97. The van der Waals surface area contributed by atoms with Crippen molar-refractivity contribution in [2.24, 2.45) is 5.10 Å². The van der Waals surface area contributed by atoms with Gasteiger partial charge in [-0.3, -0.25) is 10.2 Å². The van der Waals surface area contributed by atoms with Gasteiger partial charge in [-0.25, -0.2) is 0 Å². The molecule has 1 aromatic rings. The molecule has 0 aliphatic heterocycles. The summed E-state index contributed by atoms with van der Waals surface area (Å²) in [4.78, 5) is 10.1. The quantitative estimate of drug-likeness (QED) is 0.442. The van der Waals surface area contributed by atoms with Crippen LogP contribution < -0.4 is 5.43 Å². The second-order valence-electron chi connectivity index (χ2n) is 2.42. The number of carboxylic acid groups (broad SMARTS) is 1. The molecule has 0 spiro atoms. The first-order valence-electron chi connectivity index (χ1n) is 3.95. The molecule has 0 saturated heterocycles. The third-order valence-electron chi connectivity index (χ3n) is 1.30. The monoisotopic (exact) mass is 210 g/mol. The first-order valence-corrected chi connectivity index (χ1v) is 5.00. The molecule has 0 amide bonds. The Bertz CT molecular complexity index is 314. The molecule has 2 N–H and O–H groups in total. The van der Waals surface area contributed by atoms with Gasteiger partial charge in [0.15, 0.2) is 0 Å². The van der Waals surface area contributed by atoms with Crippen LogP contribution in [0, 0.1) is 0 Å². The molecule has 0 heterocycles. The maximum absolute atomic E-state index is 10.1. The van der Waals surface area contributed by atoms with Crippen LogP contribution in [-0.4, -0.2) is 22.4 Å². The highest BCUT2D eigenvalue weighted by atomic mass is 32.2. The number of hydrogen-bond donors (Lipinski definition) is 2. The van der Waals surface area contributed by atoms with Crippen molar-refractivity contribution in [2.45, 2.75) is 0 Å². The van der Waals surface area contributed by atoms with E-state index in [4.69, 9.17) is 5.11 Å². The van der Waals surface area contributed by atoms with Gasteiger partial charge in [-0.1, -0.05) is 18.2 Å². The Balaban J connectivity index is 2.24. The Labute approximate surface area is 86.0 Å². The van der Waals surface area contributed by atoms with E-state index in [-0.39, 0.29) is 5.75 Å². The zero-order valence-electron chi connectivity index (χ0n) is 7.38. The number of thioether (sulfide) groups is 1. The number of hydrazone groups is 1.